The number of ether oxygens (including phenoxy) is 1. The molecule has 0 aliphatic carbocycles. The number of hydrogen-bond acceptors (Lipinski definition) is 2. The van der Waals surface area contributed by atoms with E-state index < -0.39 is 0 Å². The van der Waals surface area contributed by atoms with Crippen LogP contribution >= 0.6 is 31.9 Å². The van der Waals surface area contributed by atoms with Crippen LogP contribution in [0.4, 0.5) is 5.69 Å². The topological polar surface area (TPSA) is 47.6 Å². The van der Waals surface area contributed by atoms with Gasteiger partial charge in [0.2, 0.25) is 0 Å². The number of nitrogens with two attached hydrogens (primary N) is 1. The molecule has 0 unspecified atom stereocenters. The molecule has 0 aromatic heterocycles. The monoisotopic (exact) mass is 362 g/mol. The van der Waals surface area contributed by atoms with Crippen molar-refractivity contribution < 1.29 is 4.74 Å². The van der Waals surface area contributed by atoms with Crippen LogP contribution < -0.4 is 10.5 Å². The Labute approximate surface area is 119 Å². The van der Waals surface area contributed by atoms with Crippen molar-refractivity contribution in [1.29, 1.82) is 0 Å². The van der Waals surface area contributed by atoms with Crippen LogP contribution in [0.3, 0.4) is 0 Å². The van der Waals surface area contributed by atoms with Gasteiger partial charge in [-0.1, -0.05) is 20.8 Å². The molecular formula is C12H16Br2N2O. The second kappa shape index (κ2) is 5.40. The van der Waals surface area contributed by atoms with Crippen molar-refractivity contribution in [1.82, 2.24) is 0 Å². The zero-order valence-corrected chi connectivity index (χ0v) is 13.5. The smallest absolute Gasteiger partial charge is 0.135 e. The lowest BCUT2D eigenvalue weighted by molar-refractivity contribution is 0.412. The normalized spacial score (nSPS) is 12.7. The second-order valence-corrected chi connectivity index (χ2v) is 6.39. The third kappa shape index (κ3) is 3.71. The maximum atomic E-state index is 5.96. The highest BCUT2D eigenvalue weighted by molar-refractivity contribution is 9.11. The van der Waals surface area contributed by atoms with E-state index in [0.717, 1.165) is 20.4 Å². The van der Waals surface area contributed by atoms with Gasteiger partial charge in [-0.05, 0) is 37.9 Å². The maximum absolute atomic E-state index is 5.96. The largest absolute Gasteiger partial charge is 0.495 e. The summed E-state index contributed by atoms with van der Waals surface area (Å²) in [6.45, 7) is 6.07. The van der Waals surface area contributed by atoms with E-state index in [4.69, 9.17) is 10.5 Å². The van der Waals surface area contributed by atoms with E-state index >= 15 is 0 Å². The molecule has 1 aromatic carbocycles. The van der Waals surface area contributed by atoms with Crippen molar-refractivity contribution in [2.75, 3.05) is 7.11 Å². The summed E-state index contributed by atoms with van der Waals surface area (Å²) in [6.07, 6.45) is 0. The number of methoxy groups -OCH3 is 1. The number of halogens is 2. The van der Waals surface area contributed by atoms with Crippen LogP contribution in [0.15, 0.2) is 26.1 Å². The quantitative estimate of drug-likeness (QED) is 0.630. The van der Waals surface area contributed by atoms with Gasteiger partial charge in [-0.15, -0.1) is 0 Å². The van der Waals surface area contributed by atoms with Gasteiger partial charge in [0.1, 0.15) is 11.6 Å². The summed E-state index contributed by atoms with van der Waals surface area (Å²) in [6, 6.07) is 3.74. The Bertz CT molecular complexity index is 451. The minimum Gasteiger partial charge on any atom is -0.495 e. The minimum atomic E-state index is -0.153. The summed E-state index contributed by atoms with van der Waals surface area (Å²) < 4.78 is 6.98. The summed E-state index contributed by atoms with van der Waals surface area (Å²) in [5, 5.41) is 0. The number of amidine groups is 1. The van der Waals surface area contributed by atoms with Gasteiger partial charge in [0, 0.05) is 16.0 Å². The summed E-state index contributed by atoms with van der Waals surface area (Å²) in [4.78, 5) is 4.43. The molecule has 0 saturated carbocycles. The first kappa shape index (κ1) is 14.5. The van der Waals surface area contributed by atoms with E-state index in [1.807, 2.05) is 32.9 Å². The Balaban J connectivity index is 3.24. The molecule has 17 heavy (non-hydrogen) atoms. The first-order valence-corrected chi connectivity index (χ1v) is 6.72. The Morgan fingerprint density at radius 1 is 1.24 bits per heavy atom. The Morgan fingerprint density at radius 3 is 2.29 bits per heavy atom. The van der Waals surface area contributed by atoms with E-state index in [9.17, 15) is 0 Å². The molecule has 3 nitrogen and oxygen atoms in total. The zero-order chi connectivity index (χ0) is 13.2. The molecule has 0 bridgehead atoms. The molecule has 94 valence electrons. The van der Waals surface area contributed by atoms with Gasteiger partial charge < -0.3 is 10.5 Å². The lowest BCUT2D eigenvalue weighted by Gasteiger charge is -2.17. The van der Waals surface area contributed by atoms with Gasteiger partial charge in [-0.3, -0.25) is 0 Å². The van der Waals surface area contributed by atoms with E-state index in [0.29, 0.717) is 5.84 Å². The van der Waals surface area contributed by atoms with Crippen molar-refractivity contribution in [3.8, 4) is 5.75 Å². The predicted octanol–water partition coefficient (Wildman–Crippen LogP) is 4.26. The number of hydrogen-bond donors (Lipinski definition) is 1. The molecule has 0 atom stereocenters. The van der Waals surface area contributed by atoms with Gasteiger partial charge >= 0.3 is 0 Å². The first-order valence-electron chi connectivity index (χ1n) is 5.13. The average molecular weight is 364 g/mol. The van der Waals surface area contributed by atoms with Gasteiger partial charge in [0.25, 0.3) is 0 Å². The van der Waals surface area contributed by atoms with Gasteiger partial charge in [0.05, 0.1) is 17.3 Å². The highest BCUT2D eigenvalue weighted by Gasteiger charge is 2.16. The molecule has 5 heteroatoms. The van der Waals surface area contributed by atoms with Crippen LogP contribution in [0.5, 0.6) is 5.75 Å². The Kier molecular flexibility index (Phi) is 4.61. The number of aliphatic imine (C=N–C) groups is 1. The van der Waals surface area contributed by atoms with Crippen LogP contribution in [0, 0.1) is 5.41 Å². The van der Waals surface area contributed by atoms with Gasteiger partial charge in [0.15, 0.2) is 0 Å². The predicted molar refractivity (Wildman–Crippen MR) is 79.1 cm³/mol. The lowest BCUT2D eigenvalue weighted by atomic mass is 9.95. The summed E-state index contributed by atoms with van der Waals surface area (Å²) in [5.74, 6) is 1.32. The molecule has 0 fully saturated rings. The van der Waals surface area contributed by atoms with Crippen molar-refractivity contribution >= 4 is 43.4 Å². The zero-order valence-electron chi connectivity index (χ0n) is 10.3. The summed E-state index contributed by atoms with van der Waals surface area (Å²) in [5.41, 5.74) is 6.57. The molecule has 0 amide bonds. The number of rotatable bonds is 2. The molecule has 1 rings (SSSR count). The van der Waals surface area contributed by atoms with Crippen molar-refractivity contribution in [3.05, 3.63) is 21.1 Å². The molecule has 2 N–H and O–H groups in total. The SMILES string of the molecule is COc1cc(N=C(N)C(C)(C)C)c(Br)cc1Br. The fourth-order valence-corrected chi connectivity index (χ4v) is 2.30. The fraction of sp³-hybridized carbons (Fsp3) is 0.417. The summed E-state index contributed by atoms with van der Waals surface area (Å²) in [7, 11) is 1.62. The highest BCUT2D eigenvalue weighted by atomic mass is 79.9. The van der Waals surface area contributed by atoms with Crippen LogP contribution in [0.2, 0.25) is 0 Å². The third-order valence-electron chi connectivity index (χ3n) is 2.23. The molecule has 0 aliphatic heterocycles. The van der Waals surface area contributed by atoms with Crippen molar-refractivity contribution in [2.45, 2.75) is 20.8 Å². The minimum absolute atomic E-state index is 0.153. The van der Waals surface area contributed by atoms with E-state index in [1.165, 1.54) is 0 Å². The van der Waals surface area contributed by atoms with E-state index in [-0.39, 0.29) is 5.41 Å². The van der Waals surface area contributed by atoms with Crippen molar-refractivity contribution in [2.24, 2.45) is 16.1 Å². The second-order valence-electron chi connectivity index (χ2n) is 4.69. The molecule has 0 saturated heterocycles. The number of benzene rings is 1. The number of nitrogens with zero attached hydrogens (tertiary/aromatic N) is 1. The summed E-state index contributed by atoms with van der Waals surface area (Å²) >= 11 is 6.87. The maximum Gasteiger partial charge on any atom is 0.135 e. The highest BCUT2D eigenvalue weighted by Crippen LogP contribution is 2.36. The third-order valence-corrected chi connectivity index (χ3v) is 3.49. The van der Waals surface area contributed by atoms with Crippen LogP contribution in [0.25, 0.3) is 0 Å². The first-order chi connectivity index (χ1) is 7.75. The molecule has 0 aliphatic rings. The van der Waals surface area contributed by atoms with Crippen molar-refractivity contribution in [3.63, 3.8) is 0 Å². The van der Waals surface area contributed by atoms with Crippen LogP contribution in [0.1, 0.15) is 20.8 Å². The van der Waals surface area contributed by atoms with Crippen LogP contribution in [-0.2, 0) is 0 Å². The fourth-order valence-electron chi connectivity index (χ4n) is 1.06. The molecule has 0 radical (unpaired) electrons. The molecular weight excluding hydrogens is 348 g/mol. The van der Waals surface area contributed by atoms with E-state index in [1.54, 1.807) is 7.11 Å². The molecule has 0 heterocycles. The van der Waals surface area contributed by atoms with Crippen LogP contribution in [-0.4, -0.2) is 12.9 Å². The Morgan fingerprint density at radius 2 is 1.82 bits per heavy atom. The molecule has 1 aromatic rings. The van der Waals surface area contributed by atoms with Gasteiger partial charge in [-0.25, -0.2) is 4.99 Å². The Hall–Kier alpha value is -0.550. The standard InChI is InChI=1S/C12H16Br2N2O/c1-12(2,3)11(15)16-9-6-10(17-4)8(14)5-7(9)13/h5-6H,1-4H3,(H2,15,16). The molecule has 0 spiro atoms. The average Bonchev–Trinajstić information content (AvgIpc) is 2.20. The lowest BCUT2D eigenvalue weighted by Crippen LogP contribution is -2.28. The van der Waals surface area contributed by atoms with Gasteiger partial charge in [-0.2, -0.15) is 0 Å². The van der Waals surface area contributed by atoms with E-state index in [2.05, 4.69) is 36.9 Å².